The summed E-state index contributed by atoms with van der Waals surface area (Å²) in [6, 6.07) is 40.0. The minimum atomic E-state index is -0.282. The van der Waals surface area contributed by atoms with Crippen LogP contribution in [0.25, 0.3) is 44.3 Å². The molecule has 0 amide bonds. The zero-order valence-electron chi connectivity index (χ0n) is 29.7. The van der Waals surface area contributed by atoms with Crippen LogP contribution in [-0.4, -0.2) is 28.4 Å². The molecule has 0 radical (unpaired) electrons. The van der Waals surface area contributed by atoms with Crippen LogP contribution in [0.2, 0.25) is 0 Å². The quantitative estimate of drug-likeness (QED) is 0.202. The van der Waals surface area contributed by atoms with Gasteiger partial charge < -0.3 is 9.98 Å². The molecule has 2 heterocycles. The molecule has 4 heteroatoms. The van der Waals surface area contributed by atoms with Crippen molar-refractivity contribution >= 4 is 38.9 Å². The largest absolute Gasteiger partial charge is 0.309 e. The van der Waals surface area contributed by atoms with Gasteiger partial charge in [0.25, 0.3) is 0 Å². The van der Waals surface area contributed by atoms with E-state index in [9.17, 15) is 0 Å². The Balaban J connectivity index is 1.24. The number of rotatable bonds is 4. The summed E-state index contributed by atoms with van der Waals surface area (Å²) in [5.41, 5.74) is 14.9. The lowest BCUT2D eigenvalue weighted by Gasteiger charge is -2.48. The van der Waals surface area contributed by atoms with E-state index in [0.717, 1.165) is 23.3 Å². The smallest absolute Gasteiger partial charge is 0.0737 e. The fourth-order valence-corrected chi connectivity index (χ4v) is 9.42. The van der Waals surface area contributed by atoms with Crippen molar-refractivity contribution in [3.63, 3.8) is 0 Å². The minimum absolute atomic E-state index is 0.130. The fourth-order valence-electron chi connectivity index (χ4n) is 9.42. The molecule has 5 aromatic carbocycles. The van der Waals surface area contributed by atoms with E-state index >= 15 is 0 Å². The molecule has 0 saturated heterocycles. The van der Waals surface area contributed by atoms with Crippen LogP contribution >= 0.6 is 0 Å². The maximum Gasteiger partial charge on any atom is 0.0737 e. The highest BCUT2D eigenvalue weighted by Crippen LogP contribution is 2.58. The average molecular weight is 673 g/mol. The SMILES string of the molecule is CN(/C(=C1/C=CC=CC1=N)c1ccccc1)N1c2c(ccc3c2C(C)(C)c2cc4c(cc2-3)c2ccccc2n4-c2ccccc2)C2C=CC=CC1C2. The summed E-state index contributed by atoms with van der Waals surface area (Å²) < 4.78 is 2.43. The minimum Gasteiger partial charge on any atom is -0.309 e. The predicted molar refractivity (Wildman–Crippen MR) is 217 cm³/mol. The van der Waals surface area contributed by atoms with Crippen molar-refractivity contribution in [2.75, 3.05) is 12.1 Å². The van der Waals surface area contributed by atoms with Gasteiger partial charge in [-0.25, -0.2) is 0 Å². The number of nitrogens with one attached hydrogen (secondary N) is 1. The molecule has 252 valence electrons. The number of para-hydroxylation sites is 2. The molecule has 6 aromatic rings. The first-order valence-corrected chi connectivity index (χ1v) is 18.3. The lowest BCUT2D eigenvalue weighted by atomic mass is 9.77. The van der Waals surface area contributed by atoms with Crippen LogP contribution in [0.4, 0.5) is 5.69 Å². The van der Waals surface area contributed by atoms with E-state index in [0.29, 0.717) is 11.6 Å². The van der Waals surface area contributed by atoms with Crippen LogP contribution in [0, 0.1) is 5.41 Å². The summed E-state index contributed by atoms with van der Waals surface area (Å²) in [7, 11) is 2.20. The van der Waals surface area contributed by atoms with Crippen molar-refractivity contribution in [3.8, 4) is 16.8 Å². The van der Waals surface area contributed by atoms with Crippen LogP contribution in [0.1, 0.15) is 48.4 Å². The van der Waals surface area contributed by atoms with Gasteiger partial charge in [-0.2, -0.15) is 0 Å². The summed E-state index contributed by atoms with van der Waals surface area (Å²) in [5.74, 6) is 0.304. The molecule has 0 saturated carbocycles. The van der Waals surface area contributed by atoms with E-state index in [2.05, 4.69) is 175 Å². The van der Waals surface area contributed by atoms with Crippen molar-refractivity contribution in [1.29, 1.82) is 5.41 Å². The van der Waals surface area contributed by atoms with Crippen LogP contribution < -0.4 is 5.01 Å². The lowest BCUT2D eigenvalue weighted by Crippen LogP contribution is -2.50. The highest BCUT2D eigenvalue weighted by atomic mass is 15.6. The van der Waals surface area contributed by atoms with Gasteiger partial charge >= 0.3 is 0 Å². The highest BCUT2D eigenvalue weighted by molar-refractivity contribution is 6.14. The van der Waals surface area contributed by atoms with Crippen molar-refractivity contribution in [3.05, 3.63) is 186 Å². The van der Waals surface area contributed by atoms with Crippen LogP contribution in [0.3, 0.4) is 0 Å². The molecule has 4 nitrogen and oxygen atoms in total. The standard InChI is InChI=1S/C48H40N4/c1-48(2)41-30-44-40(36-22-13-15-25-43(36)51(44)33-19-8-5-9-20-33)29-39(41)37-27-26-35-32-18-10-11-21-34(28-32)52(47(35)45(37)48)50(3)46(31-16-6-4-7-17-31)38-23-12-14-24-42(38)49/h4-27,29-30,32,34,49H,28H2,1-3H3/b46-38-,49-42?. The molecule has 2 atom stereocenters. The Kier molecular flexibility index (Phi) is 6.75. The molecular weight excluding hydrogens is 633 g/mol. The van der Waals surface area contributed by atoms with E-state index in [1.807, 2.05) is 18.2 Å². The molecule has 10 rings (SSSR count). The second kappa shape index (κ2) is 11.4. The Morgan fingerprint density at radius 2 is 1.46 bits per heavy atom. The number of hydrazine groups is 1. The van der Waals surface area contributed by atoms with E-state index in [-0.39, 0.29) is 11.5 Å². The topological polar surface area (TPSA) is 35.3 Å². The summed E-state index contributed by atoms with van der Waals surface area (Å²) in [6.07, 6.45) is 18.2. The number of nitrogens with zero attached hydrogens (tertiary/aromatic N) is 3. The molecular formula is C48H40N4. The molecule has 3 aliphatic carbocycles. The summed E-state index contributed by atoms with van der Waals surface area (Å²) >= 11 is 0. The first-order valence-electron chi connectivity index (χ1n) is 18.3. The Bertz CT molecular complexity index is 2610. The van der Waals surface area contributed by atoms with Crippen LogP contribution in [0.5, 0.6) is 0 Å². The summed E-state index contributed by atoms with van der Waals surface area (Å²) in [6.45, 7) is 4.84. The third-order valence-corrected chi connectivity index (χ3v) is 11.7. The number of allylic oxidation sites excluding steroid dienone is 8. The molecule has 0 spiro atoms. The van der Waals surface area contributed by atoms with Crippen molar-refractivity contribution < 1.29 is 0 Å². The molecule has 1 aromatic heterocycles. The van der Waals surface area contributed by atoms with Crippen molar-refractivity contribution in [2.45, 2.75) is 37.6 Å². The molecule has 4 aliphatic rings. The Hall–Kier alpha value is -6.13. The third-order valence-electron chi connectivity index (χ3n) is 11.7. The molecule has 2 unspecified atom stereocenters. The normalized spacial score (nSPS) is 20.2. The number of aromatic nitrogens is 1. The second-order valence-electron chi connectivity index (χ2n) is 15.0. The zero-order valence-corrected chi connectivity index (χ0v) is 29.7. The van der Waals surface area contributed by atoms with Crippen LogP contribution in [-0.2, 0) is 5.41 Å². The number of benzene rings is 5. The molecule has 1 N–H and O–H groups in total. The molecule has 2 bridgehead atoms. The van der Waals surface area contributed by atoms with E-state index in [4.69, 9.17) is 5.41 Å². The second-order valence-corrected chi connectivity index (χ2v) is 15.0. The number of hydrogen-bond acceptors (Lipinski definition) is 3. The van der Waals surface area contributed by atoms with Crippen LogP contribution in [0.15, 0.2) is 163 Å². The van der Waals surface area contributed by atoms with E-state index in [1.54, 1.807) is 0 Å². The van der Waals surface area contributed by atoms with Gasteiger partial charge in [-0.05, 0) is 70.6 Å². The van der Waals surface area contributed by atoms with E-state index < -0.39 is 0 Å². The third kappa shape index (κ3) is 4.37. The van der Waals surface area contributed by atoms with Gasteiger partial charge in [0, 0.05) is 46.0 Å². The zero-order chi connectivity index (χ0) is 35.1. The first kappa shape index (κ1) is 30.7. The molecule has 1 aliphatic heterocycles. The Morgan fingerprint density at radius 3 is 2.27 bits per heavy atom. The summed E-state index contributed by atoms with van der Waals surface area (Å²) in [5, 5.41) is 16.5. The molecule has 0 fully saturated rings. The maximum atomic E-state index is 9.05. The highest BCUT2D eigenvalue weighted by Gasteiger charge is 2.45. The molecule has 52 heavy (non-hydrogen) atoms. The number of anilines is 1. The fraction of sp³-hybridized carbons (Fsp3) is 0.146. The van der Waals surface area contributed by atoms with Gasteiger partial charge in [-0.15, -0.1) is 0 Å². The average Bonchev–Trinajstić information content (AvgIpc) is 3.50. The number of hydrogen-bond donors (Lipinski definition) is 1. The maximum absolute atomic E-state index is 9.05. The van der Waals surface area contributed by atoms with Gasteiger partial charge in [0.1, 0.15) is 0 Å². The van der Waals surface area contributed by atoms with Gasteiger partial charge in [0.2, 0.25) is 0 Å². The van der Waals surface area contributed by atoms with Crippen molar-refractivity contribution in [1.82, 2.24) is 9.58 Å². The lowest BCUT2D eigenvalue weighted by molar-refractivity contribution is 0.368. The monoisotopic (exact) mass is 672 g/mol. The van der Waals surface area contributed by atoms with Gasteiger partial charge in [-0.1, -0.05) is 135 Å². The summed E-state index contributed by atoms with van der Waals surface area (Å²) in [4.78, 5) is 0. The van der Waals surface area contributed by atoms with Gasteiger partial charge in [0.15, 0.2) is 0 Å². The Labute approximate surface area is 305 Å². The first-order chi connectivity index (χ1) is 25.4. The Morgan fingerprint density at radius 1 is 0.731 bits per heavy atom. The predicted octanol–water partition coefficient (Wildman–Crippen LogP) is 11.3. The van der Waals surface area contributed by atoms with E-state index in [1.165, 1.54) is 61.0 Å². The van der Waals surface area contributed by atoms with Crippen molar-refractivity contribution in [2.24, 2.45) is 0 Å². The number of fused-ring (bicyclic) bond motifs is 11. The van der Waals surface area contributed by atoms with Gasteiger partial charge in [0.05, 0.1) is 34.2 Å². The van der Waals surface area contributed by atoms with Gasteiger partial charge in [-0.3, -0.25) is 10.0 Å².